The second kappa shape index (κ2) is 8.72. The average Bonchev–Trinajstić information content (AvgIpc) is 3.10. The van der Waals surface area contributed by atoms with Crippen molar-refractivity contribution in [2.24, 2.45) is 0 Å². The summed E-state index contributed by atoms with van der Waals surface area (Å²) in [5.74, 6) is -0.789. The molecule has 0 unspecified atom stereocenters. The maximum atomic E-state index is 12.0. The van der Waals surface area contributed by atoms with Crippen LogP contribution >= 0.6 is 0 Å². The van der Waals surface area contributed by atoms with Crippen LogP contribution in [0, 0.1) is 11.3 Å². The third-order valence-electron chi connectivity index (χ3n) is 5.17. The summed E-state index contributed by atoms with van der Waals surface area (Å²) in [6, 6.07) is 10.3. The first-order chi connectivity index (χ1) is 13.1. The van der Waals surface area contributed by atoms with E-state index in [0.717, 1.165) is 31.2 Å². The number of fused-ring (bicyclic) bond motifs is 1. The number of aromatic amines is 1. The van der Waals surface area contributed by atoms with Crippen molar-refractivity contribution in [2.45, 2.75) is 56.9 Å². The molecule has 1 aliphatic carbocycles. The van der Waals surface area contributed by atoms with Gasteiger partial charge in [-0.15, -0.1) is 0 Å². The highest BCUT2D eigenvalue weighted by Crippen LogP contribution is 2.27. The van der Waals surface area contributed by atoms with Gasteiger partial charge in [-0.25, -0.2) is 0 Å². The Hall–Kier alpha value is -2.81. The normalized spacial score (nSPS) is 15.8. The number of ether oxygens (including phenoxy) is 1. The number of nitrogens with zero attached hydrogens (tertiary/aromatic N) is 1. The third-order valence-corrected chi connectivity index (χ3v) is 5.17. The Morgan fingerprint density at radius 2 is 2.00 bits per heavy atom. The molecule has 1 aromatic carbocycles. The van der Waals surface area contributed by atoms with Crippen LogP contribution in [0.4, 0.5) is 0 Å². The molecule has 6 heteroatoms. The predicted octanol–water partition coefficient (Wildman–Crippen LogP) is 3.38. The molecule has 3 rings (SSSR count). The zero-order chi connectivity index (χ0) is 19.1. The van der Waals surface area contributed by atoms with Crippen LogP contribution in [0.15, 0.2) is 30.5 Å². The van der Waals surface area contributed by atoms with Crippen molar-refractivity contribution in [3.63, 3.8) is 0 Å². The van der Waals surface area contributed by atoms with Gasteiger partial charge >= 0.3 is 5.97 Å². The third kappa shape index (κ3) is 4.88. The largest absolute Gasteiger partial charge is 0.456 e. The Morgan fingerprint density at radius 3 is 2.78 bits per heavy atom. The van der Waals surface area contributed by atoms with Crippen molar-refractivity contribution in [2.75, 3.05) is 6.61 Å². The number of amides is 1. The number of benzene rings is 1. The Kier molecular flexibility index (Phi) is 6.12. The number of carbonyl (C=O) groups excluding carboxylic acids is 2. The van der Waals surface area contributed by atoms with Gasteiger partial charge in [-0.3, -0.25) is 9.59 Å². The molecular weight excluding hydrogens is 342 g/mol. The van der Waals surface area contributed by atoms with Gasteiger partial charge < -0.3 is 15.0 Å². The number of nitrogens with one attached hydrogen (secondary N) is 2. The van der Waals surface area contributed by atoms with E-state index in [1.54, 1.807) is 0 Å². The van der Waals surface area contributed by atoms with Crippen molar-refractivity contribution in [3.8, 4) is 6.07 Å². The molecule has 2 aromatic rings. The monoisotopic (exact) mass is 367 g/mol. The molecule has 0 atom stereocenters. The lowest BCUT2D eigenvalue weighted by molar-refractivity contribution is -0.149. The highest BCUT2D eigenvalue weighted by molar-refractivity contribution is 5.83. The Labute approximate surface area is 158 Å². The minimum atomic E-state index is -0.795. The van der Waals surface area contributed by atoms with Crippen molar-refractivity contribution < 1.29 is 14.3 Å². The molecule has 1 heterocycles. The summed E-state index contributed by atoms with van der Waals surface area (Å²) >= 11 is 0. The smallest absolute Gasteiger partial charge is 0.306 e. The second-order valence-corrected chi connectivity index (χ2v) is 7.18. The summed E-state index contributed by atoms with van der Waals surface area (Å²) in [4.78, 5) is 27.2. The summed E-state index contributed by atoms with van der Waals surface area (Å²) in [5.41, 5.74) is 1.46. The second-order valence-electron chi connectivity index (χ2n) is 7.18. The van der Waals surface area contributed by atoms with Gasteiger partial charge in [0.2, 0.25) is 0 Å². The van der Waals surface area contributed by atoms with Crippen LogP contribution in [-0.2, 0) is 20.7 Å². The zero-order valence-electron chi connectivity index (χ0n) is 15.4. The first kappa shape index (κ1) is 19.0. The summed E-state index contributed by atoms with van der Waals surface area (Å²) in [5, 5.41) is 13.3. The number of hydrogen-bond donors (Lipinski definition) is 2. The van der Waals surface area contributed by atoms with Crippen LogP contribution in [0.5, 0.6) is 0 Å². The summed E-state index contributed by atoms with van der Waals surface area (Å²) in [6.45, 7) is -0.324. The Morgan fingerprint density at radius 1 is 1.22 bits per heavy atom. The molecule has 1 amide bonds. The van der Waals surface area contributed by atoms with Crippen LogP contribution < -0.4 is 5.32 Å². The first-order valence-electron chi connectivity index (χ1n) is 9.55. The molecule has 2 N–H and O–H groups in total. The van der Waals surface area contributed by atoms with E-state index in [2.05, 4.69) is 22.4 Å². The molecule has 6 nitrogen and oxygen atoms in total. The van der Waals surface area contributed by atoms with E-state index in [-0.39, 0.29) is 19.0 Å². The predicted molar refractivity (Wildman–Crippen MR) is 102 cm³/mol. The number of para-hydroxylation sites is 1. The van der Waals surface area contributed by atoms with Gasteiger partial charge in [-0.1, -0.05) is 37.5 Å². The number of carbonyl (C=O) groups is 2. The first-order valence-corrected chi connectivity index (χ1v) is 9.55. The van der Waals surface area contributed by atoms with Gasteiger partial charge in [0.25, 0.3) is 5.91 Å². The van der Waals surface area contributed by atoms with Gasteiger partial charge in [0, 0.05) is 23.5 Å². The van der Waals surface area contributed by atoms with Crippen LogP contribution in [0.25, 0.3) is 10.9 Å². The van der Waals surface area contributed by atoms with Crippen molar-refractivity contribution in [1.29, 1.82) is 5.26 Å². The molecular formula is C21H25N3O3. The number of rotatable bonds is 7. The number of aromatic nitrogens is 1. The summed E-state index contributed by atoms with van der Waals surface area (Å²) < 4.78 is 5.07. The van der Waals surface area contributed by atoms with E-state index >= 15 is 0 Å². The van der Waals surface area contributed by atoms with Gasteiger partial charge in [0.1, 0.15) is 5.54 Å². The Balaban J connectivity index is 1.39. The lowest BCUT2D eigenvalue weighted by Crippen LogP contribution is -2.50. The lowest BCUT2D eigenvalue weighted by atomic mass is 9.83. The van der Waals surface area contributed by atoms with Crippen LogP contribution in [0.3, 0.4) is 0 Å². The number of nitriles is 1. The Bertz CT molecular complexity index is 844. The maximum Gasteiger partial charge on any atom is 0.306 e. The van der Waals surface area contributed by atoms with Gasteiger partial charge in [0.15, 0.2) is 6.61 Å². The summed E-state index contributed by atoms with van der Waals surface area (Å²) in [6.07, 6.45) is 7.92. The van der Waals surface area contributed by atoms with Crippen LogP contribution in [0.1, 0.15) is 50.5 Å². The number of esters is 1. The van der Waals surface area contributed by atoms with Crippen molar-refractivity contribution in [1.82, 2.24) is 10.3 Å². The van der Waals surface area contributed by atoms with Crippen molar-refractivity contribution in [3.05, 3.63) is 36.0 Å². The standard InChI is InChI=1S/C21H25N3O3/c22-15-21(11-4-1-5-12-21)24-19(25)14-27-20(26)10-6-7-16-13-23-18-9-3-2-8-17(16)18/h2-3,8-9,13,23H,1,4-7,10-12,14H2,(H,24,25). The molecule has 0 spiro atoms. The molecule has 0 bridgehead atoms. The molecule has 1 aromatic heterocycles. The molecule has 1 saturated carbocycles. The minimum Gasteiger partial charge on any atom is -0.456 e. The molecule has 142 valence electrons. The van der Waals surface area contributed by atoms with Crippen LogP contribution in [0.2, 0.25) is 0 Å². The van der Waals surface area contributed by atoms with Crippen molar-refractivity contribution >= 4 is 22.8 Å². The minimum absolute atomic E-state index is 0.260. The molecule has 0 radical (unpaired) electrons. The van der Waals surface area contributed by atoms with E-state index in [0.29, 0.717) is 19.3 Å². The highest BCUT2D eigenvalue weighted by atomic mass is 16.5. The van der Waals surface area contributed by atoms with E-state index < -0.39 is 11.4 Å². The topological polar surface area (TPSA) is 95.0 Å². The van der Waals surface area contributed by atoms with E-state index in [1.165, 1.54) is 10.9 Å². The fourth-order valence-corrected chi connectivity index (χ4v) is 3.70. The number of aryl methyl sites for hydroxylation is 1. The molecule has 27 heavy (non-hydrogen) atoms. The highest BCUT2D eigenvalue weighted by Gasteiger charge is 2.33. The molecule has 0 aliphatic heterocycles. The number of hydrogen-bond acceptors (Lipinski definition) is 4. The quantitative estimate of drug-likeness (QED) is 0.734. The van der Waals surface area contributed by atoms with Gasteiger partial charge in [0.05, 0.1) is 6.07 Å². The maximum absolute atomic E-state index is 12.0. The molecule has 0 saturated heterocycles. The summed E-state index contributed by atoms with van der Waals surface area (Å²) in [7, 11) is 0. The fourth-order valence-electron chi connectivity index (χ4n) is 3.70. The SMILES string of the molecule is N#CC1(NC(=O)COC(=O)CCCc2c[nH]c3ccccc23)CCCCC1. The molecule has 1 fully saturated rings. The number of H-pyrrole nitrogens is 1. The van der Waals surface area contributed by atoms with E-state index in [9.17, 15) is 14.9 Å². The fraction of sp³-hybridized carbons (Fsp3) is 0.476. The average molecular weight is 367 g/mol. The van der Waals surface area contributed by atoms with Crippen LogP contribution in [-0.4, -0.2) is 29.0 Å². The van der Waals surface area contributed by atoms with Gasteiger partial charge in [-0.05, 0) is 37.3 Å². The van der Waals surface area contributed by atoms with Gasteiger partial charge in [-0.2, -0.15) is 5.26 Å². The molecule has 1 aliphatic rings. The zero-order valence-corrected chi connectivity index (χ0v) is 15.4. The lowest BCUT2D eigenvalue weighted by Gasteiger charge is -2.31. The van der Waals surface area contributed by atoms with E-state index in [1.807, 2.05) is 24.4 Å². The van der Waals surface area contributed by atoms with E-state index in [4.69, 9.17) is 4.74 Å².